The van der Waals surface area contributed by atoms with Crippen LogP contribution in [0.2, 0.25) is 0 Å². The van der Waals surface area contributed by atoms with E-state index in [1.54, 1.807) is 0 Å². The Morgan fingerprint density at radius 2 is 1.90 bits per heavy atom. The predicted molar refractivity (Wildman–Crippen MR) is 75.7 cm³/mol. The minimum absolute atomic E-state index is 0.992. The Balaban J connectivity index is 2.16. The Bertz CT molecular complexity index is 1100. The second-order valence-corrected chi connectivity index (χ2v) is 6.07. The summed E-state index contributed by atoms with van der Waals surface area (Å²) in [5.41, 5.74) is 6.98. The SMILES string of the molecule is Cc1cc[n+]2c3c1c1cccc4c1c1n3c(c[n+]1C4)C2. The van der Waals surface area contributed by atoms with Gasteiger partial charge in [-0.2, -0.15) is 4.40 Å². The third kappa shape index (κ3) is 0.794. The molecule has 3 nitrogen and oxygen atoms in total. The number of benzene rings is 1. The molecule has 3 aromatic heterocycles. The maximum absolute atomic E-state index is 2.47. The molecule has 1 aromatic carbocycles. The Labute approximate surface area is 115 Å². The number of pyridine rings is 2. The predicted octanol–water partition coefficient (Wildman–Crippen LogP) is 1.85. The number of rotatable bonds is 0. The quantitative estimate of drug-likeness (QED) is 0.291. The van der Waals surface area contributed by atoms with E-state index in [2.05, 4.69) is 57.1 Å². The largest absolute Gasteiger partial charge is 0.298 e. The van der Waals surface area contributed by atoms with Crippen LogP contribution in [-0.2, 0) is 13.1 Å². The zero-order chi connectivity index (χ0) is 13.0. The first kappa shape index (κ1) is 9.48. The summed E-state index contributed by atoms with van der Waals surface area (Å²) in [6.45, 7) is 4.24. The third-order valence-corrected chi connectivity index (χ3v) is 5.00. The fraction of sp³-hybridized carbons (Fsp3) is 0.176. The Hall–Kier alpha value is -2.42. The average molecular weight is 259 g/mol. The van der Waals surface area contributed by atoms with Gasteiger partial charge >= 0.3 is 0 Å². The van der Waals surface area contributed by atoms with E-state index in [0.29, 0.717) is 0 Å². The normalized spacial score (nSPS) is 14.8. The van der Waals surface area contributed by atoms with Gasteiger partial charge in [0.05, 0.1) is 17.0 Å². The van der Waals surface area contributed by atoms with Gasteiger partial charge in [-0.05, 0) is 18.6 Å². The molecule has 0 bridgehead atoms. The second kappa shape index (κ2) is 2.70. The second-order valence-electron chi connectivity index (χ2n) is 6.07. The minimum atomic E-state index is 0.992. The van der Waals surface area contributed by atoms with Crippen LogP contribution in [0, 0.1) is 6.92 Å². The lowest BCUT2D eigenvalue weighted by atomic mass is 10.0. The maximum Gasteiger partial charge on any atom is 0.298 e. The summed E-state index contributed by atoms with van der Waals surface area (Å²) in [5.74, 6) is 0. The number of hydrogen-bond donors (Lipinski definition) is 0. The topological polar surface area (TPSA) is 12.2 Å². The van der Waals surface area contributed by atoms with E-state index in [1.807, 2.05) is 0 Å². The molecule has 20 heavy (non-hydrogen) atoms. The van der Waals surface area contributed by atoms with Crippen molar-refractivity contribution in [1.29, 1.82) is 0 Å². The number of aryl methyl sites for hydroxylation is 1. The van der Waals surface area contributed by atoms with Crippen molar-refractivity contribution >= 4 is 27.5 Å². The van der Waals surface area contributed by atoms with Gasteiger partial charge in [-0.3, -0.25) is 0 Å². The number of nitrogens with zero attached hydrogens (tertiary/aromatic N) is 3. The van der Waals surface area contributed by atoms with Crippen LogP contribution in [0.25, 0.3) is 27.5 Å². The molecule has 0 amide bonds. The van der Waals surface area contributed by atoms with Crippen molar-refractivity contribution in [3.05, 3.63) is 53.5 Å². The zero-order valence-electron chi connectivity index (χ0n) is 11.2. The molecular weight excluding hydrogens is 246 g/mol. The van der Waals surface area contributed by atoms with Crippen molar-refractivity contribution in [2.24, 2.45) is 0 Å². The molecule has 0 atom stereocenters. The molecule has 3 heteroatoms. The van der Waals surface area contributed by atoms with Gasteiger partial charge in [0, 0.05) is 10.9 Å². The molecule has 0 N–H and O–H groups in total. The molecule has 0 fully saturated rings. The highest BCUT2D eigenvalue weighted by Crippen LogP contribution is 2.36. The van der Waals surface area contributed by atoms with Crippen molar-refractivity contribution in [2.45, 2.75) is 20.0 Å². The van der Waals surface area contributed by atoms with E-state index < -0.39 is 0 Å². The molecule has 4 aromatic rings. The van der Waals surface area contributed by atoms with Crippen LogP contribution >= 0.6 is 0 Å². The fourth-order valence-corrected chi connectivity index (χ4v) is 4.23. The Morgan fingerprint density at radius 1 is 1.00 bits per heavy atom. The van der Waals surface area contributed by atoms with Crippen molar-refractivity contribution in [3.8, 4) is 0 Å². The molecule has 0 saturated carbocycles. The molecule has 94 valence electrons. The van der Waals surface area contributed by atoms with Gasteiger partial charge in [0.2, 0.25) is 0 Å². The Kier molecular flexibility index (Phi) is 1.28. The molecule has 0 saturated heterocycles. The monoisotopic (exact) mass is 259 g/mol. The summed E-state index contributed by atoms with van der Waals surface area (Å²) in [4.78, 5) is 0. The fourth-order valence-electron chi connectivity index (χ4n) is 4.23. The lowest BCUT2D eigenvalue weighted by molar-refractivity contribution is -0.671. The molecule has 0 unspecified atom stereocenters. The molecule has 0 aliphatic carbocycles. The first-order valence-corrected chi connectivity index (χ1v) is 7.13. The lowest BCUT2D eigenvalue weighted by Crippen LogP contribution is -2.34. The summed E-state index contributed by atoms with van der Waals surface area (Å²) in [7, 11) is 0. The van der Waals surface area contributed by atoms with E-state index in [9.17, 15) is 0 Å². The first-order valence-electron chi connectivity index (χ1n) is 7.13. The Morgan fingerprint density at radius 3 is 2.85 bits per heavy atom. The van der Waals surface area contributed by atoms with Gasteiger partial charge < -0.3 is 0 Å². The van der Waals surface area contributed by atoms with Crippen LogP contribution in [0.1, 0.15) is 16.8 Å². The molecule has 2 aliphatic rings. The maximum atomic E-state index is 2.47. The molecule has 6 rings (SSSR count). The van der Waals surface area contributed by atoms with Gasteiger partial charge in [0.25, 0.3) is 11.3 Å². The van der Waals surface area contributed by atoms with Crippen molar-refractivity contribution in [3.63, 3.8) is 0 Å². The van der Waals surface area contributed by atoms with Crippen LogP contribution in [0.4, 0.5) is 0 Å². The van der Waals surface area contributed by atoms with E-state index in [4.69, 9.17) is 0 Å². The van der Waals surface area contributed by atoms with Crippen LogP contribution in [-0.4, -0.2) is 4.40 Å². The summed E-state index contributed by atoms with van der Waals surface area (Å²) < 4.78 is 7.27. The smallest absolute Gasteiger partial charge is 0.225 e. The summed E-state index contributed by atoms with van der Waals surface area (Å²) >= 11 is 0. The van der Waals surface area contributed by atoms with Crippen LogP contribution in [0.5, 0.6) is 0 Å². The van der Waals surface area contributed by atoms with Crippen molar-refractivity contribution < 1.29 is 9.13 Å². The highest BCUT2D eigenvalue weighted by Gasteiger charge is 2.36. The highest BCUT2D eigenvalue weighted by atomic mass is 15.2. The summed E-state index contributed by atoms with van der Waals surface area (Å²) in [6, 6.07) is 9.01. The summed E-state index contributed by atoms with van der Waals surface area (Å²) in [6.07, 6.45) is 4.55. The van der Waals surface area contributed by atoms with Gasteiger partial charge in [0.1, 0.15) is 12.7 Å². The van der Waals surface area contributed by atoms with Crippen LogP contribution in [0.3, 0.4) is 0 Å². The molecule has 2 aliphatic heterocycles. The number of hydrogen-bond acceptors (Lipinski definition) is 0. The van der Waals surface area contributed by atoms with Crippen molar-refractivity contribution in [2.75, 3.05) is 0 Å². The van der Waals surface area contributed by atoms with Gasteiger partial charge in [-0.25, -0.2) is 9.13 Å². The van der Waals surface area contributed by atoms with E-state index in [-0.39, 0.29) is 0 Å². The molecule has 5 heterocycles. The standard InChI is InChI=1S/C17H13N3/c1-10-5-6-18-8-12-9-19-7-11-3-2-4-13-14(10)16(18)20(12)17(19)15(11)13/h2-6,9H,7-8H2,1H3/q+2. The molecule has 0 spiro atoms. The van der Waals surface area contributed by atoms with Gasteiger partial charge in [-0.1, -0.05) is 18.2 Å². The average Bonchev–Trinajstić information content (AvgIpc) is 3.06. The van der Waals surface area contributed by atoms with Crippen molar-refractivity contribution in [1.82, 2.24) is 4.40 Å². The summed E-state index contributed by atoms with van der Waals surface area (Å²) in [5, 5.41) is 4.28. The van der Waals surface area contributed by atoms with E-state index in [0.717, 1.165) is 13.1 Å². The van der Waals surface area contributed by atoms with Crippen LogP contribution in [0.15, 0.2) is 36.7 Å². The minimum Gasteiger partial charge on any atom is -0.225 e. The van der Waals surface area contributed by atoms with E-state index in [1.165, 1.54) is 44.3 Å². The third-order valence-electron chi connectivity index (χ3n) is 5.00. The lowest BCUT2D eigenvalue weighted by Gasteiger charge is -2.04. The number of aromatic nitrogens is 3. The van der Waals surface area contributed by atoms with E-state index >= 15 is 0 Å². The highest BCUT2D eigenvalue weighted by molar-refractivity contribution is 6.12. The number of imidazole rings is 1. The zero-order valence-corrected chi connectivity index (χ0v) is 11.2. The molecule has 0 radical (unpaired) electrons. The van der Waals surface area contributed by atoms with Crippen LogP contribution < -0.4 is 9.13 Å². The molecular formula is C17H13N3+2. The van der Waals surface area contributed by atoms with Gasteiger partial charge in [-0.15, -0.1) is 0 Å². The number of fused-ring (bicyclic) bond motifs is 1. The first-order chi connectivity index (χ1) is 9.83. The van der Waals surface area contributed by atoms with Gasteiger partial charge in [0.15, 0.2) is 12.2 Å².